The van der Waals surface area contributed by atoms with E-state index in [1.165, 1.54) is 22.1 Å². The Bertz CT molecular complexity index is 1410. The van der Waals surface area contributed by atoms with Crippen LogP contribution < -0.4 is 11.1 Å². The van der Waals surface area contributed by atoms with Crippen molar-refractivity contribution in [2.75, 3.05) is 0 Å². The molecule has 0 bridgehead atoms. The number of aromatic amines is 1. The summed E-state index contributed by atoms with van der Waals surface area (Å²) in [5.74, 6) is 0. The van der Waals surface area contributed by atoms with Gasteiger partial charge in [0.15, 0.2) is 0 Å². The van der Waals surface area contributed by atoms with Crippen molar-refractivity contribution < 1.29 is 0 Å². The monoisotopic (exact) mass is 389 g/mol. The molecule has 138 valence electrons. The molecule has 0 aliphatic rings. The summed E-state index contributed by atoms with van der Waals surface area (Å²) >= 11 is 1.42. The van der Waals surface area contributed by atoms with Crippen LogP contribution in [0.15, 0.2) is 64.4 Å². The number of hydrogen-bond acceptors (Lipinski definition) is 5. The van der Waals surface area contributed by atoms with Crippen molar-refractivity contribution in [1.29, 1.82) is 0 Å². The summed E-state index contributed by atoms with van der Waals surface area (Å²) in [6.45, 7) is 2.15. The van der Waals surface area contributed by atoms with Gasteiger partial charge in [-0.1, -0.05) is 29.5 Å². The van der Waals surface area contributed by atoms with Crippen molar-refractivity contribution in [3.63, 3.8) is 0 Å². The van der Waals surface area contributed by atoms with Crippen LogP contribution in [0, 0.1) is 6.92 Å². The third-order valence-corrected chi connectivity index (χ3v) is 5.78. The van der Waals surface area contributed by atoms with Gasteiger partial charge in [0.05, 0.1) is 27.7 Å². The Morgan fingerprint density at radius 1 is 1.14 bits per heavy atom. The predicted octanol–water partition coefficient (Wildman–Crippen LogP) is 2.84. The van der Waals surface area contributed by atoms with Crippen molar-refractivity contribution in [3.8, 4) is 5.13 Å². The Hall–Kier alpha value is -3.52. The number of nitrogens with one attached hydrogen (secondary N) is 1. The lowest BCUT2D eigenvalue weighted by atomic mass is 10.2. The van der Waals surface area contributed by atoms with Gasteiger partial charge in [0.2, 0.25) is 5.13 Å². The standard InChI is InChI=1S/C20H15N5O2S/c1-12-18-15(9-17(26)24(12)11-13-5-4-8-21-10-13)23-25(19(18)27)20-22-14-6-2-3-7-16(14)28-20/h2-10,23H,11H2,1H3. The molecule has 5 rings (SSSR count). The Kier molecular flexibility index (Phi) is 3.73. The summed E-state index contributed by atoms with van der Waals surface area (Å²) < 4.78 is 4.00. The molecule has 0 aliphatic heterocycles. The van der Waals surface area contributed by atoms with Gasteiger partial charge in [0.1, 0.15) is 0 Å². The van der Waals surface area contributed by atoms with E-state index in [9.17, 15) is 9.59 Å². The second-order valence-electron chi connectivity index (χ2n) is 6.52. The zero-order valence-corrected chi connectivity index (χ0v) is 15.7. The predicted molar refractivity (Wildman–Crippen MR) is 109 cm³/mol. The Morgan fingerprint density at radius 2 is 2.00 bits per heavy atom. The van der Waals surface area contributed by atoms with Crippen LogP contribution in [0.1, 0.15) is 11.3 Å². The summed E-state index contributed by atoms with van der Waals surface area (Å²) in [6, 6.07) is 12.9. The molecule has 0 saturated heterocycles. The van der Waals surface area contributed by atoms with Crippen molar-refractivity contribution in [1.82, 2.24) is 24.3 Å². The molecule has 0 atom stereocenters. The molecule has 4 heterocycles. The van der Waals surface area contributed by atoms with Gasteiger partial charge in [-0.25, -0.2) is 4.98 Å². The fraction of sp³-hybridized carbons (Fsp3) is 0.100. The van der Waals surface area contributed by atoms with Crippen LogP contribution in [0.25, 0.3) is 26.3 Å². The minimum absolute atomic E-state index is 0.174. The van der Waals surface area contributed by atoms with Gasteiger partial charge in [0.25, 0.3) is 11.1 Å². The maximum absolute atomic E-state index is 13.1. The number of aryl methyl sites for hydroxylation is 1. The van der Waals surface area contributed by atoms with E-state index >= 15 is 0 Å². The molecule has 0 unspecified atom stereocenters. The van der Waals surface area contributed by atoms with Gasteiger partial charge in [-0.15, -0.1) is 0 Å². The maximum Gasteiger partial charge on any atom is 0.282 e. The maximum atomic E-state index is 13.1. The van der Waals surface area contributed by atoms with E-state index in [-0.39, 0.29) is 11.1 Å². The first kappa shape index (κ1) is 16.6. The van der Waals surface area contributed by atoms with E-state index in [0.717, 1.165) is 15.8 Å². The lowest BCUT2D eigenvalue weighted by molar-refractivity contribution is 0.735. The third kappa shape index (κ3) is 2.57. The summed E-state index contributed by atoms with van der Waals surface area (Å²) in [4.78, 5) is 34.4. The number of nitrogens with zero attached hydrogens (tertiary/aromatic N) is 4. The molecule has 4 aromatic heterocycles. The van der Waals surface area contributed by atoms with Crippen LogP contribution in [0.3, 0.4) is 0 Å². The molecule has 8 heteroatoms. The number of benzene rings is 1. The zero-order chi connectivity index (χ0) is 19.3. The topological polar surface area (TPSA) is 85.6 Å². The van der Waals surface area contributed by atoms with E-state index in [1.54, 1.807) is 23.9 Å². The first-order chi connectivity index (χ1) is 13.6. The molecule has 0 saturated carbocycles. The first-order valence-corrected chi connectivity index (χ1v) is 9.53. The van der Waals surface area contributed by atoms with Crippen molar-refractivity contribution >= 4 is 32.5 Å². The van der Waals surface area contributed by atoms with Crippen molar-refractivity contribution in [2.45, 2.75) is 13.5 Å². The minimum atomic E-state index is -0.216. The SMILES string of the molecule is Cc1c2c(=O)n(-c3nc4ccccc4s3)[nH]c2cc(=O)n1Cc1cccnc1. The van der Waals surface area contributed by atoms with E-state index in [0.29, 0.717) is 28.3 Å². The molecule has 1 N–H and O–H groups in total. The third-order valence-electron chi connectivity index (χ3n) is 4.76. The fourth-order valence-corrected chi connectivity index (χ4v) is 4.30. The molecule has 0 spiro atoms. The fourth-order valence-electron chi connectivity index (χ4n) is 3.37. The molecule has 28 heavy (non-hydrogen) atoms. The molecule has 1 aromatic carbocycles. The Morgan fingerprint density at radius 3 is 2.79 bits per heavy atom. The molecule has 0 amide bonds. The Balaban J connectivity index is 1.70. The average Bonchev–Trinajstić information content (AvgIpc) is 3.27. The Labute approximate surface area is 162 Å². The molecule has 0 aliphatic carbocycles. The molecule has 0 radical (unpaired) electrons. The van der Waals surface area contributed by atoms with Gasteiger partial charge in [0, 0.05) is 24.2 Å². The van der Waals surface area contributed by atoms with Crippen LogP contribution in [0.2, 0.25) is 0 Å². The van der Waals surface area contributed by atoms with Gasteiger partial charge in [-0.3, -0.25) is 19.7 Å². The van der Waals surface area contributed by atoms with Crippen LogP contribution >= 0.6 is 11.3 Å². The lowest BCUT2D eigenvalue weighted by Gasteiger charge is -2.09. The van der Waals surface area contributed by atoms with Crippen molar-refractivity contribution in [3.05, 3.63) is 86.8 Å². The number of rotatable bonds is 3. The highest BCUT2D eigenvalue weighted by molar-refractivity contribution is 7.20. The van der Waals surface area contributed by atoms with Crippen LogP contribution in [0.4, 0.5) is 0 Å². The van der Waals surface area contributed by atoms with Gasteiger partial charge in [-0.05, 0) is 30.7 Å². The van der Waals surface area contributed by atoms with E-state index in [2.05, 4.69) is 15.1 Å². The van der Waals surface area contributed by atoms with Crippen molar-refractivity contribution in [2.24, 2.45) is 0 Å². The molecule has 7 nitrogen and oxygen atoms in total. The number of fused-ring (bicyclic) bond motifs is 2. The highest BCUT2D eigenvalue weighted by atomic mass is 32.1. The number of pyridine rings is 2. The molecular weight excluding hydrogens is 374 g/mol. The number of aromatic nitrogens is 5. The molecule has 5 aromatic rings. The van der Waals surface area contributed by atoms with Crippen LogP contribution in [0.5, 0.6) is 0 Å². The average molecular weight is 389 g/mol. The smallest absolute Gasteiger partial charge is 0.282 e. The second-order valence-corrected chi connectivity index (χ2v) is 7.53. The van der Waals surface area contributed by atoms with Crippen LogP contribution in [-0.4, -0.2) is 24.3 Å². The summed E-state index contributed by atoms with van der Waals surface area (Å²) in [5, 5.41) is 4.08. The molecule has 0 fully saturated rings. The number of para-hydroxylation sites is 1. The van der Waals surface area contributed by atoms with E-state index in [1.807, 2.05) is 36.4 Å². The number of hydrogen-bond donors (Lipinski definition) is 1. The quantitative estimate of drug-likeness (QED) is 0.514. The summed E-state index contributed by atoms with van der Waals surface area (Å²) in [5.41, 5.74) is 2.47. The van der Waals surface area contributed by atoms with E-state index in [4.69, 9.17) is 0 Å². The van der Waals surface area contributed by atoms with Gasteiger partial charge >= 0.3 is 0 Å². The number of thiazole rings is 1. The largest absolute Gasteiger partial charge is 0.308 e. The minimum Gasteiger partial charge on any atom is -0.308 e. The van der Waals surface area contributed by atoms with Gasteiger partial charge < -0.3 is 4.57 Å². The lowest BCUT2D eigenvalue weighted by Crippen LogP contribution is -2.23. The summed E-state index contributed by atoms with van der Waals surface area (Å²) in [7, 11) is 0. The highest BCUT2D eigenvalue weighted by Crippen LogP contribution is 2.24. The second kappa shape index (κ2) is 6.28. The number of H-pyrrole nitrogens is 1. The normalized spacial score (nSPS) is 11.5. The van der Waals surface area contributed by atoms with Crippen LogP contribution in [-0.2, 0) is 6.54 Å². The summed E-state index contributed by atoms with van der Waals surface area (Å²) in [6.07, 6.45) is 3.40. The van der Waals surface area contributed by atoms with E-state index < -0.39 is 0 Å². The first-order valence-electron chi connectivity index (χ1n) is 8.72. The zero-order valence-electron chi connectivity index (χ0n) is 14.9. The highest BCUT2D eigenvalue weighted by Gasteiger charge is 2.17. The van der Waals surface area contributed by atoms with Gasteiger partial charge in [-0.2, -0.15) is 4.68 Å². The molecular formula is C20H15N5O2S.